The van der Waals surface area contributed by atoms with Crippen LogP contribution in [0.5, 0.6) is 0 Å². The van der Waals surface area contributed by atoms with E-state index in [4.69, 9.17) is 28.9 Å². The molecule has 0 atom stereocenters. The normalized spacial score (nSPS) is 11.8. The lowest BCUT2D eigenvalue weighted by Gasteiger charge is -2.07. The van der Waals surface area contributed by atoms with Crippen molar-refractivity contribution in [1.29, 1.82) is 0 Å². The van der Waals surface area contributed by atoms with Crippen LogP contribution in [0.1, 0.15) is 5.56 Å². The number of sulfone groups is 1. The molecule has 0 aliphatic heterocycles. The van der Waals surface area contributed by atoms with Gasteiger partial charge in [-0.2, -0.15) is 0 Å². The van der Waals surface area contributed by atoms with Crippen LogP contribution in [0.2, 0.25) is 10.0 Å². The molecule has 0 spiro atoms. The summed E-state index contributed by atoms with van der Waals surface area (Å²) in [6, 6.07) is 10.7. The molecule has 0 bridgehead atoms. The van der Waals surface area contributed by atoms with Crippen LogP contribution in [-0.2, 0) is 15.6 Å². The second-order valence-corrected chi connectivity index (χ2v) is 8.11. The van der Waals surface area contributed by atoms with Gasteiger partial charge in [-0.1, -0.05) is 35.3 Å². The minimum Gasteiger partial charge on any atom is -0.398 e. The average molecular weight is 383 g/mol. The minimum absolute atomic E-state index is 0.284. The summed E-state index contributed by atoms with van der Waals surface area (Å²) in [4.78, 5) is 14.4. The lowest BCUT2D eigenvalue weighted by molar-refractivity contribution is 0.594. The smallest absolute Gasteiger partial charge is 0.267 e. The Morgan fingerprint density at radius 1 is 1.04 bits per heavy atom. The van der Waals surface area contributed by atoms with E-state index >= 15 is 0 Å². The quantitative estimate of drug-likeness (QED) is 0.678. The highest BCUT2D eigenvalue weighted by Crippen LogP contribution is 2.23. The number of rotatable bonds is 3. The lowest BCUT2D eigenvalue weighted by Crippen LogP contribution is -2.18. The van der Waals surface area contributed by atoms with Gasteiger partial charge >= 0.3 is 0 Å². The van der Waals surface area contributed by atoms with Gasteiger partial charge < -0.3 is 10.7 Å². The molecule has 0 aliphatic rings. The summed E-state index contributed by atoms with van der Waals surface area (Å²) in [5.74, 6) is -0.351. The van der Waals surface area contributed by atoms with Gasteiger partial charge in [0.25, 0.3) is 5.56 Å². The first-order valence-electron chi connectivity index (χ1n) is 6.85. The standard InChI is InChI=1S/C16H12Cl2N2O3S/c17-11-3-2-10-6-15(16(21)20-14(10)7-11)24(22,23)8-9-1-4-12(18)13(19)5-9/h1-7H,8,19H2,(H,20,21). The topological polar surface area (TPSA) is 93.0 Å². The zero-order valence-electron chi connectivity index (χ0n) is 12.2. The highest BCUT2D eigenvalue weighted by molar-refractivity contribution is 7.90. The minimum atomic E-state index is -3.85. The second-order valence-electron chi connectivity index (χ2n) is 5.31. The van der Waals surface area contributed by atoms with Crippen LogP contribution in [0.3, 0.4) is 0 Å². The maximum Gasteiger partial charge on any atom is 0.267 e. The number of H-pyrrole nitrogens is 1. The van der Waals surface area contributed by atoms with Crippen molar-refractivity contribution in [2.75, 3.05) is 5.73 Å². The van der Waals surface area contributed by atoms with Crippen LogP contribution in [-0.4, -0.2) is 13.4 Å². The van der Waals surface area contributed by atoms with E-state index in [1.54, 1.807) is 24.3 Å². The Hall–Kier alpha value is -2.02. The third-order valence-electron chi connectivity index (χ3n) is 3.53. The molecule has 1 heterocycles. The molecule has 2 aromatic carbocycles. The van der Waals surface area contributed by atoms with Crippen LogP contribution in [0.4, 0.5) is 5.69 Å². The summed E-state index contributed by atoms with van der Waals surface area (Å²) in [5.41, 5.74) is 6.21. The molecule has 0 fully saturated rings. The number of aromatic nitrogens is 1. The van der Waals surface area contributed by atoms with Gasteiger partial charge in [-0.25, -0.2) is 8.42 Å². The first-order valence-corrected chi connectivity index (χ1v) is 9.26. The molecule has 0 aliphatic carbocycles. The fourth-order valence-electron chi connectivity index (χ4n) is 2.36. The summed E-state index contributed by atoms with van der Waals surface area (Å²) in [6.45, 7) is 0. The third kappa shape index (κ3) is 3.26. The Kier molecular flexibility index (Phi) is 4.29. The Morgan fingerprint density at radius 2 is 1.79 bits per heavy atom. The molecule has 24 heavy (non-hydrogen) atoms. The second kappa shape index (κ2) is 6.12. The molecular weight excluding hydrogens is 371 g/mol. The number of hydrogen-bond donors (Lipinski definition) is 2. The molecule has 0 saturated carbocycles. The molecule has 1 aromatic heterocycles. The van der Waals surface area contributed by atoms with Crippen LogP contribution < -0.4 is 11.3 Å². The number of nitrogens with one attached hydrogen (secondary N) is 1. The van der Waals surface area contributed by atoms with E-state index in [0.717, 1.165) is 0 Å². The number of pyridine rings is 1. The fraction of sp³-hybridized carbons (Fsp3) is 0.0625. The Balaban J connectivity index is 2.07. The average Bonchev–Trinajstić information content (AvgIpc) is 2.49. The van der Waals surface area contributed by atoms with E-state index < -0.39 is 15.4 Å². The van der Waals surface area contributed by atoms with Gasteiger partial charge in [-0.05, 0) is 41.3 Å². The highest BCUT2D eigenvalue weighted by atomic mass is 35.5. The van der Waals surface area contributed by atoms with Crippen LogP contribution in [0, 0.1) is 0 Å². The van der Waals surface area contributed by atoms with Gasteiger partial charge in [0.1, 0.15) is 4.90 Å². The van der Waals surface area contributed by atoms with Crippen molar-refractivity contribution in [3.63, 3.8) is 0 Å². The van der Waals surface area contributed by atoms with Crippen molar-refractivity contribution >= 4 is 49.6 Å². The van der Waals surface area contributed by atoms with Crippen LogP contribution in [0.25, 0.3) is 10.9 Å². The SMILES string of the molecule is Nc1cc(CS(=O)(=O)c2cc3ccc(Cl)cc3[nH]c2=O)ccc1Cl. The number of aromatic amines is 1. The van der Waals surface area contributed by atoms with E-state index in [2.05, 4.69) is 4.98 Å². The molecule has 124 valence electrons. The predicted molar refractivity (Wildman–Crippen MR) is 96.3 cm³/mol. The van der Waals surface area contributed by atoms with Crippen molar-refractivity contribution in [2.45, 2.75) is 10.6 Å². The Bertz CT molecular complexity index is 1110. The third-order valence-corrected chi connectivity index (χ3v) is 5.79. The monoisotopic (exact) mass is 382 g/mol. The van der Waals surface area contributed by atoms with Gasteiger partial charge in [-0.3, -0.25) is 4.79 Å². The number of anilines is 1. The number of fused-ring (bicyclic) bond motifs is 1. The van der Waals surface area contributed by atoms with E-state index in [0.29, 0.717) is 26.5 Å². The number of benzene rings is 2. The zero-order valence-corrected chi connectivity index (χ0v) is 14.5. The fourth-order valence-corrected chi connectivity index (χ4v) is 4.07. The van der Waals surface area contributed by atoms with E-state index in [-0.39, 0.29) is 16.3 Å². The lowest BCUT2D eigenvalue weighted by atomic mass is 10.2. The molecule has 3 rings (SSSR count). The zero-order chi connectivity index (χ0) is 17.5. The molecule has 0 radical (unpaired) electrons. The van der Waals surface area contributed by atoms with Crippen molar-refractivity contribution in [1.82, 2.24) is 4.98 Å². The molecule has 0 saturated heterocycles. The highest BCUT2D eigenvalue weighted by Gasteiger charge is 2.20. The summed E-state index contributed by atoms with van der Waals surface area (Å²) < 4.78 is 25.2. The number of halogens is 2. The number of hydrogen-bond acceptors (Lipinski definition) is 4. The molecule has 5 nitrogen and oxygen atoms in total. The molecule has 3 N–H and O–H groups in total. The molecule has 3 aromatic rings. The van der Waals surface area contributed by atoms with Crippen LogP contribution >= 0.6 is 23.2 Å². The predicted octanol–water partition coefficient (Wildman–Crippen LogP) is 3.39. The van der Waals surface area contributed by atoms with Crippen molar-refractivity contribution in [2.24, 2.45) is 0 Å². The maximum absolute atomic E-state index is 12.6. The summed E-state index contributed by atoms with van der Waals surface area (Å²) in [7, 11) is -3.85. The largest absolute Gasteiger partial charge is 0.398 e. The van der Waals surface area contributed by atoms with Crippen LogP contribution in [0.15, 0.2) is 52.2 Å². The van der Waals surface area contributed by atoms with Gasteiger partial charge in [0.2, 0.25) is 0 Å². The summed E-state index contributed by atoms with van der Waals surface area (Å²) in [5, 5.41) is 1.37. The van der Waals surface area contributed by atoms with Crippen molar-refractivity contribution in [3.8, 4) is 0 Å². The maximum atomic E-state index is 12.6. The van der Waals surface area contributed by atoms with E-state index in [9.17, 15) is 13.2 Å². The molecule has 0 unspecified atom stereocenters. The Morgan fingerprint density at radius 3 is 2.50 bits per heavy atom. The van der Waals surface area contributed by atoms with Crippen molar-refractivity contribution in [3.05, 3.63) is 68.4 Å². The Labute approximate surface area is 147 Å². The number of nitrogen functional groups attached to an aromatic ring is 1. The first kappa shape index (κ1) is 16.8. The van der Waals surface area contributed by atoms with Crippen molar-refractivity contribution < 1.29 is 8.42 Å². The summed E-state index contributed by atoms with van der Waals surface area (Å²) >= 11 is 11.7. The van der Waals surface area contributed by atoms with Gasteiger partial charge in [0.05, 0.1) is 16.5 Å². The summed E-state index contributed by atoms with van der Waals surface area (Å²) in [6.07, 6.45) is 0. The van der Waals surface area contributed by atoms with Gasteiger partial charge in [-0.15, -0.1) is 0 Å². The van der Waals surface area contributed by atoms with E-state index in [1.807, 2.05) is 0 Å². The van der Waals surface area contributed by atoms with Gasteiger partial charge in [0.15, 0.2) is 9.84 Å². The first-order chi connectivity index (χ1) is 11.3. The molecule has 8 heteroatoms. The van der Waals surface area contributed by atoms with E-state index in [1.165, 1.54) is 18.2 Å². The molecular formula is C16H12Cl2N2O3S. The van der Waals surface area contributed by atoms with Gasteiger partial charge in [0, 0.05) is 10.5 Å². The number of nitrogens with two attached hydrogens (primary N) is 1. The molecule has 0 amide bonds.